The van der Waals surface area contributed by atoms with Gasteiger partial charge in [0.05, 0.1) is 6.61 Å². The fourth-order valence-electron chi connectivity index (χ4n) is 1.83. The Hall–Kier alpha value is -1.15. The van der Waals surface area contributed by atoms with Gasteiger partial charge in [0, 0.05) is 11.5 Å². The number of fused-ring (bicyclic) bond motifs is 1. The van der Waals surface area contributed by atoms with Crippen molar-refractivity contribution in [2.45, 2.75) is 12.8 Å². The van der Waals surface area contributed by atoms with E-state index in [0.717, 1.165) is 24.0 Å². The molecule has 1 N–H and O–H groups in total. The van der Waals surface area contributed by atoms with Crippen molar-refractivity contribution in [3.63, 3.8) is 0 Å². The number of Topliss-reactive ketones (excluding diaryl/α,β-unsaturated/α-hetero) is 1. The average molecular weight is 176 g/mol. The Morgan fingerprint density at radius 1 is 1.38 bits per heavy atom. The molecule has 2 heteroatoms. The first kappa shape index (κ1) is 8.45. The van der Waals surface area contributed by atoms with Gasteiger partial charge in [-0.3, -0.25) is 4.79 Å². The van der Waals surface area contributed by atoms with Crippen LogP contribution in [-0.2, 0) is 6.42 Å². The molecule has 1 aromatic rings. The van der Waals surface area contributed by atoms with Crippen LogP contribution in [0.25, 0.3) is 0 Å². The molecule has 0 saturated carbocycles. The molecule has 2 nitrogen and oxygen atoms in total. The van der Waals surface area contributed by atoms with E-state index in [0.29, 0.717) is 0 Å². The molecule has 1 aliphatic rings. The summed E-state index contributed by atoms with van der Waals surface area (Å²) in [6.45, 7) is -0.0207. The highest BCUT2D eigenvalue weighted by atomic mass is 16.3. The molecule has 2 rings (SSSR count). The van der Waals surface area contributed by atoms with Crippen molar-refractivity contribution in [1.29, 1.82) is 0 Å². The van der Waals surface area contributed by atoms with Gasteiger partial charge in [-0.2, -0.15) is 0 Å². The van der Waals surface area contributed by atoms with E-state index in [1.54, 1.807) is 0 Å². The number of aliphatic hydroxyl groups excluding tert-OH is 1. The predicted molar refractivity (Wildman–Crippen MR) is 49.7 cm³/mol. The third-order valence-corrected chi connectivity index (χ3v) is 2.64. The molecule has 68 valence electrons. The van der Waals surface area contributed by atoms with Gasteiger partial charge in [-0.1, -0.05) is 24.3 Å². The number of hydrogen-bond donors (Lipinski definition) is 1. The Bertz CT molecular complexity index is 331. The summed E-state index contributed by atoms with van der Waals surface area (Å²) in [5.74, 6) is -0.0701. The third kappa shape index (κ3) is 1.38. The fraction of sp³-hybridized carbons (Fsp3) is 0.364. The predicted octanol–water partition coefficient (Wildman–Crippen LogP) is 1.42. The lowest BCUT2D eigenvalue weighted by Gasteiger charge is -2.21. The van der Waals surface area contributed by atoms with E-state index in [2.05, 4.69) is 0 Å². The first-order valence-corrected chi connectivity index (χ1v) is 4.56. The van der Waals surface area contributed by atoms with Gasteiger partial charge < -0.3 is 5.11 Å². The van der Waals surface area contributed by atoms with E-state index in [4.69, 9.17) is 5.11 Å². The number of carbonyl (C=O) groups is 1. The van der Waals surface area contributed by atoms with Crippen molar-refractivity contribution in [1.82, 2.24) is 0 Å². The second kappa shape index (κ2) is 3.30. The largest absolute Gasteiger partial charge is 0.396 e. The number of aryl methyl sites for hydroxylation is 1. The number of rotatable bonds is 1. The van der Waals surface area contributed by atoms with E-state index in [1.165, 1.54) is 0 Å². The number of benzene rings is 1. The maximum atomic E-state index is 11.7. The first-order chi connectivity index (χ1) is 6.33. The van der Waals surface area contributed by atoms with Crippen LogP contribution in [0.3, 0.4) is 0 Å². The highest BCUT2D eigenvalue weighted by molar-refractivity contribution is 6.00. The summed E-state index contributed by atoms with van der Waals surface area (Å²) in [7, 11) is 0. The molecule has 0 fully saturated rings. The number of carbonyl (C=O) groups excluding carboxylic acids is 1. The zero-order valence-corrected chi connectivity index (χ0v) is 7.36. The van der Waals surface area contributed by atoms with E-state index in [1.807, 2.05) is 24.3 Å². The second-order valence-electron chi connectivity index (χ2n) is 3.44. The van der Waals surface area contributed by atoms with Gasteiger partial charge in [-0.05, 0) is 18.4 Å². The second-order valence-corrected chi connectivity index (χ2v) is 3.44. The maximum Gasteiger partial charge on any atom is 0.168 e. The molecule has 0 spiro atoms. The molecule has 0 aromatic heterocycles. The molecular formula is C11H12O2. The molecule has 13 heavy (non-hydrogen) atoms. The van der Waals surface area contributed by atoms with Gasteiger partial charge in [0.2, 0.25) is 0 Å². The molecule has 0 unspecified atom stereocenters. The zero-order chi connectivity index (χ0) is 9.26. The molecule has 0 aliphatic heterocycles. The molecule has 0 radical (unpaired) electrons. The van der Waals surface area contributed by atoms with Gasteiger partial charge in [0.15, 0.2) is 5.78 Å². The standard InChI is InChI=1S/C11H12O2/c12-7-9-6-5-8-3-1-2-4-10(8)11(9)13/h1-4,9,12H,5-7H2/t9-/m0/s1. The number of aliphatic hydroxyl groups is 1. The summed E-state index contributed by atoms with van der Waals surface area (Å²) in [6.07, 6.45) is 1.69. The molecule has 1 aromatic carbocycles. The van der Waals surface area contributed by atoms with Crippen LogP contribution in [0.4, 0.5) is 0 Å². The summed E-state index contributed by atoms with van der Waals surface area (Å²) >= 11 is 0. The number of hydrogen-bond acceptors (Lipinski definition) is 2. The summed E-state index contributed by atoms with van der Waals surface area (Å²) < 4.78 is 0. The molecule has 0 saturated heterocycles. The van der Waals surface area contributed by atoms with Gasteiger partial charge in [-0.15, -0.1) is 0 Å². The van der Waals surface area contributed by atoms with Crippen LogP contribution in [0, 0.1) is 5.92 Å². The van der Waals surface area contributed by atoms with E-state index < -0.39 is 0 Å². The lowest BCUT2D eigenvalue weighted by atomic mass is 9.83. The maximum absolute atomic E-state index is 11.7. The van der Waals surface area contributed by atoms with Gasteiger partial charge in [0.1, 0.15) is 0 Å². The van der Waals surface area contributed by atoms with Gasteiger partial charge >= 0.3 is 0 Å². The van der Waals surface area contributed by atoms with Crippen LogP contribution in [0.2, 0.25) is 0 Å². The van der Waals surface area contributed by atoms with Crippen molar-refractivity contribution in [3.05, 3.63) is 35.4 Å². The zero-order valence-electron chi connectivity index (χ0n) is 7.36. The highest BCUT2D eigenvalue weighted by Crippen LogP contribution is 2.24. The van der Waals surface area contributed by atoms with Crippen molar-refractivity contribution < 1.29 is 9.90 Å². The third-order valence-electron chi connectivity index (χ3n) is 2.64. The summed E-state index contributed by atoms with van der Waals surface area (Å²) in [5.41, 5.74) is 1.92. The van der Waals surface area contributed by atoms with E-state index in [9.17, 15) is 4.79 Å². The minimum Gasteiger partial charge on any atom is -0.396 e. The molecule has 1 atom stereocenters. The van der Waals surface area contributed by atoms with Crippen LogP contribution in [0.5, 0.6) is 0 Å². The Morgan fingerprint density at radius 2 is 2.15 bits per heavy atom. The topological polar surface area (TPSA) is 37.3 Å². The Labute approximate surface area is 77.2 Å². The van der Waals surface area contributed by atoms with Crippen LogP contribution in [0.1, 0.15) is 22.3 Å². The minimum absolute atomic E-state index is 0.0207. The highest BCUT2D eigenvalue weighted by Gasteiger charge is 2.25. The smallest absolute Gasteiger partial charge is 0.168 e. The van der Waals surface area contributed by atoms with Gasteiger partial charge in [0.25, 0.3) is 0 Å². The Morgan fingerprint density at radius 3 is 2.92 bits per heavy atom. The molecule has 0 heterocycles. The van der Waals surface area contributed by atoms with Crippen molar-refractivity contribution in [2.75, 3.05) is 6.61 Å². The van der Waals surface area contributed by atoms with Crippen molar-refractivity contribution >= 4 is 5.78 Å². The van der Waals surface area contributed by atoms with Crippen LogP contribution in [-0.4, -0.2) is 17.5 Å². The first-order valence-electron chi connectivity index (χ1n) is 4.56. The lowest BCUT2D eigenvalue weighted by Crippen LogP contribution is -2.25. The van der Waals surface area contributed by atoms with Crippen LogP contribution in [0.15, 0.2) is 24.3 Å². The van der Waals surface area contributed by atoms with Crippen LogP contribution >= 0.6 is 0 Å². The van der Waals surface area contributed by atoms with E-state index >= 15 is 0 Å². The Balaban J connectivity index is 2.39. The summed E-state index contributed by atoms with van der Waals surface area (Å²) in [6, 6.07) is 7.65. The fourth-order valence-corrected chi connectivity index (χ4v) is 1.83. The van der Waals surface area contributed by atoms with Crippen LogP contribution < -0.4 is 0 Å². The normalized spacial score (nSPS) is 21.3. The monoisotopic (exact) mass is 176 g/mol. The van der Waals surface area contributed by atoms with Crippen molar-refractivity contribution in [2.24, 2.45) is 5.92 Å². The molecule has 0 amide bonds. The minimum atomic E-state index is -0.171. The lowest BCUT2D eigenvalue weighted by molar-refractivity contribution is 0.0837. The average Bonchev–Trinajstić information content (AvgIpc) is 2.19. The molecule has 0 bridgehead atoms. The summed E-state index contributed by atoms with van der Waals surface area (Å²) in [5, 5.41) is 8.97. The van der Waals surface area contributed by atoms with Gasteiger partial charge in [-0.25, -0.2) is 0 Å². The van der Waals surface area contributed by atoms with Crippen molar-refractivity contribution in [3.8, 4) is 0 Å². The van der Waals surface area contributed by atoms with E-state index in [-0.39, 0.29) is 18.3 Å². The summed E-state index contributed by atoms with van der Waals surface area (Å²) in [4.78, 5) is 11.7. The molecular weight excluding hydrogens is 164 g/mol. The number of ketones is 1. The molecule has 1 aliphatic carbocycles. The SMILES string of the molecule is O=C1c2ccccc2CC[C@H]1CO. The quantitative estimate of drug-likeness (QED) is 0.702. The Kier molecular flexibility index (Phi) is 2.15.